The summed E-state index contributed by atoms with van der Waals surface area (Å²) in [5, 5.41) is 5.62. The van der Waals surface area contributed by atoms with Crippen molar-refractivity contribution in [1.29, 1.82) is 0 Å². The van der Waals surface area contributed by atoms with Gasteiger partial charge < -0.3 is 10.6 Å². The molecular formula is C28H33N3O4S. The summed E-state index contributed by atoms with van der Waals surface area (Å²) in [5.74, 6) is -0.903. The highest BCUT2D eigenvalue weighted by Gasteiger charge is 2.29. The van der Waals surface area contributed by atoms with Crippen molar-refractivity contribution in [3.63, 3.8) is 0 Å². The minimum Gasteiger partial charge on any atom is -0.347 e. The molecule has 0 aliphatic rings. The van der Waals surface area contributed by atoms with Gasteiger partial charge in [-0.05, 0) is 83.0 Å². The largest absolute Gasteiger partial charge is 0.347 e. The van der Waals surface area contributed by atoms with E-state index in [0.29, 0.717) is 16.9 Å². The highest BCUT2D eigenvalue weighted by Crippen LogP contribution is 2.29. The van der Waals surface area contributed by atoms with Crippen LogP contribution in [0.4, 0.5) is 11.4 Å². The Balaban J connectivity index is 1.97. The van der Waals surface area contributed by atoms with Crippen molar-refractivity contribution in [2.24, 2.45) is 0 Å². The Bertz CT molecular complexity index is 1370. The number of anilines is 2. The van der Waals surface area contributed by atoms with Gasteiger partial charge >= 0.3 is 0 Å². The van der Waals surface area contributed by atoms with Gasteiger partial charge in [-0.15, -0.1) is 0 Å². The standard InChI is InChI=1S/C28H33N3O4S/c1-19-14-16-22(17-15-19)36(34,35)31(25-13-9-10-20(2)21(25)3)18-26(32)29-24-12-8-7-11-23(24)27(33)30-28(4,5)6/h7-17H,18H2,1-6H3,(H,29,32)(H,30,33). The van der Waals surface area contributed by atoms with E-state index < -0.39 is 28.0 Å². The lowest BCUT2D eigenvalue weighted by atomic mass is 10.1. The summed E-state index contributed by atoms with van der Waals surface area (Å²) in [5.41, 5.74) is 3.14. The van der Waals surface area contributed by atoms with Crippen LogP contribution in [0.3, 0.4) is 0 Å². The van der Waals surface area contributed by atoms with E-state index in [1.165, 1.54) is 12.1 Å². The summed E-state index contributed by atoms with van der Waals surface area (Å²) in [7, 11) is -4.05. The zero-order valence-electron chi connectivity index (χ0n) is 21.5. The molecule has 3 aromatic rings. The Morgan fingerprint density at radius 3 is 2.14 bits per heavy atom. The van der Waals surface area contributed by atoms with Gasteiger partial charge in [0, 0.05) is 5.54 Å². The minimum atomic E-state index is -4.05. The maximum atomic E-state index is 13.7. The Morgan fingerprint density at radius 2 is 1.50 bits per heavy atom. The van der Waals surface area contributed by atoms with Crippen LogP contribution in [0.5, 0.6) is 0 Å². The van der Waals surface area contributed by atoms with E-state index in [-0.39, 0.29) is 10.8 Å². The van der Waals surface area contributed by atoms with Crippen LogP contribution >= 0.6 is 0 Å². The molecule has 0 saturated heterocycles. The summed E-state index contributed by atoms with van der Waals surface area (Å²) in [6.45, 7) is 10.7. The van der Waals surface area contributed by atoms with E-state index in [4.69, 9.17) is 0 Å². The Labute approximate surface area is 213 Å². The quantitative estimate of drug-likeness (QED) is 0.472. The summed E-state index contributed by atoms with van der Waals surface area (Å²) < 4.78 is 28.5. The highest BCUT2D eigenvalue weighted by molar-refractivity contribution is 7.92. The summed E-state index contributed by atoms with van der Waals surface area (Å²) in [4.78, 5) is 26.1. The number of carbonyl (C=O) groups excluding carboxylic acids is 2. The molecule has 0 bridgehead atoms. The minimum absolute atomic E-state index is 0.0896. The van der Waals surface area contributed by atoms with Crippen LogP contribution in [0.15, 0.2) is 71.6 Å². The third-order valence-electron chi connectivity index (χ3n) is 5.68. The zero-order valence-corrected chi connectivity index (χ0v) is 22.4. The molecule has 0 atom stereocenters. The Kier molecular flexibility index (Phi) is 7.89. The molecule has 3 aromatic carbocycles. The van der Waals surface area contributed by atoms with E-state index in [2.05, 4.69) is 10.6 Å². The second-order valence-corrected chi connectivity index (χ2v) is 11.7. The molecule has 190 valence electrons. The molecular weight excluding hydrogens is 474 g/mol. The van der Waals surface area contributed by atoms with Crippen molar-refractivity contribution in [2.75, 3.05) is 16.2 Å². The third-order valence-corrected chi connectivity index (χ3v) is 7.45. The molecule has 0 spiro atoms. The normalized spacial score (nSPS) is 11.6. The van der Waals surface area contributed by atoms with Gasteiger partial charge in [-0.3, -0.25) is 13.9 Å². The lowest BCUT2D eigenvalue weighted by Crippen LogP contribution is -2.41. The van der Waals surface area contributed by atoms with E-state index in [1.54, 1.807) is 48.5 Å². The highest BCUT2D eigenvalue weighted by atomic mass is 32.2. The van der Waals surface area contributed by atoms with Gasteiger partial charge in [-0.2, -0.15) is 0 Å². The maximum Gasteiger partial charge on any atom is 0.264 e. The lowest BCUT2D eigenvalue weighted by molar-refractivity contribution is -0.114. The number of carbonyl (C=O) groups is 2. The summed E-state index contributed by atoms with van der Waals surface area (Å²) in [6, 6.07) is 18.5. The molecule has 0 saturated carbocycles. The molecule has 0 radical (unpaired) electrons. The predicted octanol–water partition coefficient (Wildman–Crippen LogP) is 4.97. The van der Waals surface area contributed by atoms with Crippen molar-refractivity contribution in [2.45, 2.75) is 52.0 Å². The molecule has 0 heterocycles. The molecule has 0 fully saturated rings. The first-order valence-electron chi connectivity index (χ1n) is 11.7. The first kappa shape index (κ1) is 26.9. The van der Waals surface area contributed by atoms with Crippen molar-refractivity contribution >= 4 is 33.2 Å². The van der Waals surface area contributed by atoms with Crippen LogP contribution in [0.2, 0.25) is 0 Å². The van der Waals surface area contributed by atoms with Gasteiger partial charge in [-0.1, -0.05) is 42.0 Å². The number of amides is 2. The van der Waals surface area contributed by atoms with Crippen LogP contribution < -0.4 is 14.9 Å². The van der Waals surface area contributed by atoms with Crippen molar-refractivity contribution in [3.05, 3.63) is 89.0 Å². The van der Waals surface area contributed by atoms with Gasteiger partial charge in [-0.25, -0.2) is 8.42 Å². The smallest absolute Gasteiger partial charge is 0.264 e. The van der Waals surface area contributed by atoms with Gasteiger partial charge in [0.15, 0.2) is 0 Å². The Hall–Kier alpha value is -3.65. The zero-order chi connectivity index (χ0) is 26.7. The average Bonchev–Trinajstić information content (AvgIpc) is 2.79. The van der Waals surface area contributed by atoms with Crippen LogP contribution in [-0.4, -0.2) is 32.3 Å². The molecule has 0 aliphatic heterocycles. The fourth-order valence-electron chi connectivity index (χ4n) is 3.66. The molecule has 8 heteroatoms. The topological polar surface area (TPSA) is 95.6 Å². The van der Waals surface area contributed by atoms with E-state index in [9.17, 15) is 18.0 Å². The van der Waals surface area contributed by atoms with Gasteiger partial charge in [0.1, 0.15) is 6.54 Å². The molecule has 2 amide bonds. The SMILES string of the molecule is Cc1ccc(S(=O)(=O)N(CC(=O)Nc2ccccc2C(=O)NC(C)(C)C)c2cccc(C)c2C)cc1. The molecule has 2 N–H and O–H groups in total. The monoisotopic (exact) mass is 507 g/mol. The third kappa shape index (κ3) is 6.31. The van der Waals surface area contributed by atoms with Gasteiger partial charge in [0.25, 0.3) is 15.9 Å². The molecule has 36 heavy (non-hydrogen) atoms. The average molecular weight is 508 g/mol. The lowest BCUT2D eigenvalue weighted by Gasteiger charge is -2.26. The number of nitrogens with zero attached hydrogens (tertiary/aromatic N) is 1. The maximum absolute atomic E-state index is 13.7. The van der Waals surface area contributed by atoms with Crippen LogP contribution in [0.25, 0.3) is 0 Å². The predicted molar refractivity (Wildman–Crippen MR) is 144 cm³/mol. The first-order chi connectivity index (χ1) is 16.8. The second-order valence-electron chi connectivity index (χ2n) is 9.84. The number of hydrogen-bond donors (Lipinski definition) is 2. The van der Waals surface area contributed by atoms with Crippen molar-refractivity contribution in [3.8, 4) is 0 Å². The molecule has 0 aliphatic carbocycles. The van der Waals surface area contributed by atoms with E-state index >= 15 is 0 Å². The molecule has 0 aromatic heterocycles. The van der Waals surface area contributed by atoms with Gasteiger partial charge in [0.05, 0.1) is 21.8 Å². The van der Waals surface area contributed by atoms with Crippen molar-refractivity contribution in [1.82, 2.24) is 5.32 Å². The fraction of sp³-hybridized carbons (Fsp3) is 0.286. The molecule has 7 nitrogen and oxygen atoms in total. The van der Waals surface area contributed by atoms with Crippen LogP contribution in [-0.2, 0) is 14.8 Å². The second kappa shape index (κ2) is 10.5. The number of rotatable bonds is 7. The molecule has 3 rings (SSSR count). The van der Waals surface area contributed by atoms with Crippen molar-refractivity contribution < 1.29 is 18.0 Å². The number of nitrogens with one attached hydrogen (secondary N) is 2. The number of hydrogen-bond acceptors (Lipinski definition) is 4. The summed E-state index contributed by atoms with van der Waals surface area (Å²) in [6.07, 6.45) is 0. The number of sulfonamides is 1. The summed E-state index contributed by atoms with van der Waals surface area (Å²) >= 11 is 0. The van der Waals surface area contributed by atoms with Crippen LogP contribution in [0.1, 0.15) is 47.8 Å². The fourth-order valence-corrected chi connectivity index (χ4v) is 5.14. The van der Waals surface area contributed by atoms with E-state index in [0.717, 1.165) is 21.0 Å². The number of benzene rings is 3. The Morgan fingerprint density at radius 1 is 0.861 bits per heavy atom. The van der Waals surface area contributed by atoms with Gasteiger partial charge in [0.2, 0.25) is 5.91 Å². The first-order valence-corrected chi connectivity index (χ1v) is 13.1. The number of aryl methyl sites for hydroxylation is 2. The number of para-hydroxylation sites is 1. The molecule has 0 unspecified atom stereocenters. The van der Waals surface area contributed by atoms with E-state index in [1.807, 2.05) is 47.6 Å². The van der Waals surface area contributed by atoms with Crippen LogP contribution in [0, 0.1) is 20.8 Å².